The monoisotopic (exact) mass is 333 g/mol. The highest BCUT2D eigenvalue weighted by Gasteiger charge is 2.29. The largest absolute Gasteiger partial charge is 0.481 e. The van der Waals surface area contributed by atoms with E-state index < -0.39 is 54.9 Å². The molecule has 0 saturated heterocycles. The summed E-state index contributed by atoms with van der Waals surface area (Å²) in [4.78, 5) is 45.6. The summed E-state index contributed by atoms with van der Waals surface area (Å²) in [7, 11) is 0. The van der Waals surface area contributed by atoms with E-state index in [9.17, 15) is 19.2 Å². The lowest BCUT2D eigenvalue weighted by molar-refractivity contribution is -0.143. The fourth-order valence-corrected chi connectivity index (χ4v) is 1.71. The molecule has 0 aromatic rings. The zero-order chi connectivity index (χ0) is 18.2. The highest BCUT2D eigenvalue weighted by Crippen LogP contribution is 2.06. The number of rotatable bonds is 10. The van der Waals surface area contributed by atoms with Gasteiger partial charge in [-0.1, -0.05) is 13.8 Å². The zero-order valence-electron chi connectivity index (χ0n) is 13.0. The first-order valence-corrected chi connectivity index (χ1v) is 7.00. The van der Waals surface area contributed by atoms with Crippen molar-refractivity contribution in [1.82, 2.24) is 10.6 Å². The Morgan fingerprint density at radius 2 is 1.52 bits per heavy atom. The Labute approximate surface area is 133 Å². The van der Waals surface area contributed by atoms with Gasteiger partial charge in [0, 0.05) is 0 Å². The molecule has 0 saturated carbocycles. The van der Waals surface area contributed by atoms with Crippen LogP contribution in [0.2, 0.25) is 0 Å². The Balaban J connectivity index is 5.01. The number of aliphatic carboxylic acids is 2. The molecule has 7 N–H and O–H groups in total. The summed E-state index contributed by atoms with van der Waals surface area (Å²) in [6.07, 6.45) is -0.602. The molecule has 0 aromatic heterocycles. The van der Waals surface area contributed by atoms with Gasteiger partial charge in [0.05, 0.1) is 13.0 Å². The molecule has 132 valence electrons. The third-order valence-electron chi connectivity index (χ3n) is 2.87. The van der Waals surface area contributed by atoms with Crippen LogP contribution in [0.4, 0.5) is 0 Å². The number of nitrogens with two attached hydrogens (primary N) is 1. The SMILES string of the molecule is CC(C)C[C@H](NC(=O)[C@H](CC(=O)O)NC(=O)[C@@H](N)CO)C(=O)O. The van der Waals surface area contributed by atoms with Crippen LogP contribution in [-0.2, 0) is 19.2 Å². The quantitative estimate of drug-likeness (QED) is 0.262. The fourth-order valence-electron chi connectivity index (χ4n) is 1.71. The number of nitrogens with one attached hydrogen (secondary N) is 2. The minimum atomic E-state index is -1.49. The van der Waals surface area contributed by atoms with Crippen molar-refractivity contribution in [2.45, 2.75) is 44.8 Å². The number of aliphatic hydroxyl groups is 1. The van der Waals surface area contributed by atoms with Crippen LogP contribution in [0.3, 0.4) is 0 Å². The van der Waals surface area contributed by atoms with Crippen molar-refractivity contribution in [3.63, 3.8) is 0 Å². The predicted octanol–water partition coefficient (Wildman–Crippen LogP) is -2.12. The van der Waals surface area contributed by atoms with Crippen LogP contribution in [0.5, 0.6) is 0 Å². The Morgan fingerprint density at radius 1 is 1.00 bits per heavy atom. The molecule has 23 heavy (non-hydrogen) atoms. The van der Waals surface area contributed by atoms with Gasteiger partial charge in [0.1, 0.15) is 18.1 Å². The summed E-state index contributed by atoms with van der Waals surface area (Å²) in [5.74, 6) is -4.51. The van der Waals surface area contributed by atoms with E-state index in [-0.39, 0.29) is 12.3 Å². The highest BCUT2D eigenvalue weighted by molar-refractivity contribution is 5.93. The standard InChI is InChI=1S/C13H23N3O7/c1-6(2)3-9(13(22)23)16-12(21)8(4-10(18)19)15-11(20)7(14)5-17/h6-9,17H,3-5,14H2,1-2H3,(H,15,20)(H,16,21)(H,18,19)(H,22,23)/t7-,8-,9-/m0/s1. The smallest absolute Gasteiger partial charge is 0.326 e. The Kier molecular flexibility index (Phi) is 8.81. The van der Waals surface area contributed by atoms with E-state index in [0.717, 1.165) is 0 Å². The third-order valence-corrected chi connectivity index (χ3v) is 2.87. The molecule has 0 radical (unpaired) electrons. The number of hydrogen-bond donors (Lipinski definition) is 6. The summed E-state index contributed by atoms with van der Waals surface area (Å²) >= 11 is 0. The molecule has 10 nitrogen and oxygen atoms in total. The second kappa shape index (κ2) is 9.74. The van der Waals surface area contributed by atoms with Crippen LogP contribution in [0.15, 0.2) is 0 Å². The van der Waals surface area contributed by atoms with Gasteiger partial charge in [-0.05, 0) is 12.3 Å². The molecule has 0 aromatic carbocycles. The highest BCUT2D eigenvalue weighted by atomic mass is 16.4. The van der Waals surface area contributed by atoms with Gasteiger partial charge in [0.15, 0.2) is 0 Å². The normalized spacial score (nSPS) is 14.7. The first kappa shape index (κ1) is 20.8. The molecular formula is C13H23N3O7. The summed E-state index contributed by atoms with van der Waals surface area (Å²) < 4.78 is 0. The minimum Gasteiger partial charge on any atom is -0.481 e. The molecule has 0 bridgehead atoms. The molecular weight excluding hydrogens is 310 g/mol. The molecule has 10 heteroatoms. The molecule has 0 unspecified atom stereocenters. The van der Waals surface area contributed by atoms with Crippen LogP contribution in [-0.4, -0.2) is 63.8 Å². The lowest BCUT2D eigenvalue weighted by Gasteiger charge is -2.22. The number of carboxylic acids is 2. The Hall–Kier alpha value is -2.20. The summed E-state index contributed by atoms with van der Waals surface area (Å²) in [6.45, 7) is 2.84. The lowest BCUT2D eigenvalue weighted by Crippen LogP contribution is -2.55. The molecule has 0 fully saturated rings. The number of amides is 2. The van der Waals surface area contributed by atoms with Gasteiger partial charge in [-0.3, -0.25) is 14.4 Å². The van der Waals surface area contributed by atoms with Crippen molar-refractivity contribution < 1.29 is 34.5 Å². The molecule has 0 aliphatic heterocycles. The van der Waals surface area contributed by atoms with E-state index in [1.807, 2.05) is 0 Å². The summed E-state index contributed by atoms with van der Waals surface area (Å²) in [6, 6.07) is -4.01. The van der Waals surface area contributed by atoms with Crippen molar-refractivity contribution >= 4 is 23.8 Å². The molecule has 0 aliphatic rings. The Bertz CT molecular complexity index is 453. The molecule has 2 amide bonds. The van der Waals surface area contributed by atoms with Crippen LogP contribution >= 0.6 is 0 Å². The first-order valence-electron chi connectivity index (χ1n) is 7.00. The van der Waals surface area contributed by atoms with E-state index in [2.05, 4.69) is 10.6 Å². The van der Waals surface area contributed by atoms with Crippen LogP contribution < -0.4 is 16.4 Å². The van der Waals surface area contributed by atoms with Crippen LogP contribution in [0, 0.1) is 5.92 Å². The maximum atomic E-state index is 12.1. The van der Waals surface area contributed by atoms with Gasteiger partial charge in [0.25, 0.3) is 0 Å². The van der Waals surface area contributed by atoms with E-state index in [1.54, 1.807) is 13.8 Å². The molecule has 0 rings (SSSR count). The maximum absolute atomic E-state index is 12.1. The van der Waals surface area contributed by atoms with E-state index in [4.69, 9.17) is 21.1 Å². The average molecular weight is 333 g/mol. The number of carboxylic acid groups (broad SMARTS) is 2. The maximum Gasteiger partial charge on any atom is 0.326 e. The van der Waals surface area contributed by atoms with E-state index in [1.165, 1.54) is 0 Å². The average Bonchev–Trinajstić information content (AvgIpc) is 2.43. The van der Waals surface area contributed by atoms with Gasteiger partial charge in [-0.15, -0.1) is 0 Å². The van der Waals surface area contributed by atoms with Gasteiger partial charge in [-0.25, -0.2) is 4.79 Å². The summed E-state index contributed by atoms with van der Waals surface area (Å²) in [5, 5.41) is 30.9. The summed E-state index contributed by atoms with van der Waals surface area (Å²) in [5.41, 5.74) is 5.28. The van der Waals surface area contributed by atoms with Gasteiger partial charge in [-0.2, -0.15) is 0 Å². The number of aliphatic hydroxyl groups excluding tert-OH is 1. The topological polar surface area (TPSA) is 179 Å². The lowest BCUT2D eigenvalue weighted by atomic mass is 10.0. The van der Waals surface area contributed by atoms with Gasteiger partial charge >= 0.3 is 11.9 Å². The molecule has 3 atom stereocenters. The van der Waals surface area contributed by atoms with Crippen molar-refractivity contribution in [3.05, 3.63) is 0 Å². The van der Waals surface area contributed by atoms with E-state index in [0.29, 0.717) is 0 Å². The van der Waals surface area contributed by atoms with Crippen molar-refractivity contribution in [2.24, 2.45) is 11.7 Å². The molecule has 0 spiro atoms. The zero-order valence-corrected chi connectivity index (χ0v) is 13.0. The van der Waals surface area contributed by atoms with Gasteiger partial charge in [0.2, 0.25) is 11.8 Å². The van der Waals surface area contributed by atoms with Crippen molar-refractivity contribution in [1.29, 1.82) is 0 Å². The molecule has 0 heterocycles. The van der Waals surface area contributed by atoms with Crippen molar-refractivity contribution in [3.8, 4) is 0 Å². The fraction of sp³-hybridized carbons (Fsp3) is 0.692. The predicted molar refractivity (Wildman–Crippen MR) is 78.3 cm³/mol. The molecule has 0 aliphatic carbocycles. The van der Waals surface area contributed by atoms with Gasteiger partial charge < -0.3 is 31.7 Å². The number of carbonyl (C=O) groups excluding carboxylic acids is 2. The number of carbonyl (C=O) groups is 4. The van der Waals surface area contributed by atoms with Crippen molar-refractivity contribution in [2.75, 3.05) is 6.61 Å². The second-order valence-electron chi connectivity index (χ2n) is 5.48. The first-order chi connectivity index (χ1) is 10.6. The minimum absolute atomic E-state index is 0.0215. The van der Waals surface area contributed by atoms with Crippen LogP contribution in [0.1, 0.15) is 26.7 Å². The number of hydrogen-bond acceptors (Lipinski definition) is 6. The van der Waals surface area contributed by atoms with E-state index >= 15 is 0 Å². The third kappa shape index (κ3) is 8.12. The van der Waals surface area contributed by atoms with Crippen LogP contribution in [0.25, 0.3) is 0 Å². The Morgan fingerprint density at radius 3 is 1.91 bits per heavy atom. The second-order valence-corrected chi connectivity index (χ2v) is 5.48.